The van der Waals surface area contributed by atoms with Crippen molar-refractivity contribution in [3.05, 3.63) is 87.0 Å². The van der Waals surface area contributed by atoms with E-state index in [0.29, 0.717) is 12.2 Å². The second-order valence-electron chi connectivity index (χ2n) is 6.20. The van der Waals surface area contributed by atoms with Gasteiger partial charge in [-0.1, -0.05) is 36.4 Å². The molecule has 3 aromatic rings. The lowest BCUT2D eigenvalue weighted by atomic mass is 10.0. The van der Waals surface area contributed by atoms with E-state index in [2.05, 4.69) is 14.7 Å². The van der Waals surface area contributed by atoms with E-state index in [4.69, 9.17) is 6.57 Å². The van der Waals surface area contributed by atoms with Crippen LogP contribution in [0.4, 0.5) is 5.69 Å². The van der Waals surface area contributed by atoms with Crippen molar-refractivity contribution < 1.29 is 0 Å². The van der Waals surface area contributed by atoms with E-state index >= 15 is 0 Å². The lowest BCUT2D eigenvalue weighted by molar-refractivity contribution is 0.243. The van der Waals surface area contributed by atoms with Crippen molar-refractivity contribution in [3.63, 3.8) is 0 Å². The van der Waals surface area contributed by atoms with Crippen LogP contribution in [0.3, 0.4) is 0 Å². The summed E-state index contributed by atoms with van der Waals surface area (Å²) >= 11 is 0. The van der Waals surface area contributed by atoms with E-state index in [9.17, 15) is 4.79 Å². The Labute approximate surface area is 140 Å². The largest absolute Gasteiger partial charge is 0.358 e. The number of nitrogens with one attached hydrogen (secondary N) is 1. The molecule has 1 N–H and O–H groups in total. The normalized spacial score (nSPS) is 14.3. The van der Waals surface area contributed by atoms with E-state index < -0.39 is 0 Å². The SMILES string of the molecule is [C-]#[N+]c1ccc(CN2CCc3[nH]c4ccccc4c(=O)c3C2)cc1. The molecule has 0 bridgehead atoms. The molecule has 0 saturated heterocycles. The quantitative estimate of drug-likeness (QED) is 0.734. The van der Waals surface area contributed by atoms with Crippen molar-refractivity contribution >= 4 is 16.6 Å². The molecule has 0 amide bonds. The number of nitrogens with zero attached hydrogens (tertiary/aromatic N) is 2. The second-order valence-corrected chi connectivity index (χ2v) is 6.20. The molecule has 1 aliphatic rings. The summed E-state index contributed by atoms with van der Waals surface area (Å²) in [5, 5.41) is 0.763. The molecule has 0 aliphatic carbocycles. The fourth-order valence-corrected chi connectivity index (χ4v) is 3.35. The van der Waals surface area contributed by atoms with Crippen molar-refractivity contribution in [2.45, 2.75) is 19.5 Å². The number of benzene rings is 2. The molecule has 0 saturated carbocycles. The molecule has 0 fully saturated rings. The van der Waals surface area contributed by atoms with Gasteiger partial charge >= 0.3 is 0 Å². The Morgan fingerprint density at radius 1 is 1.12 bits per heavy atom. The first kappa shape index (κ1) is 14.7. The molecule has 0 radical (unpaired) electrons. The zero-order valence-corrected chi connectivity index (χ0v) is 13.2. The molecule has 2 heterocycles. The fraction of sp³-hybridized carbons (Fsp3) is 0.200. The van der Waals surface area contributed by atoms with Crippen LogP contribution >= 0.6 is 0 Å². The second kappa shape index (κ2) is 5.95. The van der Waals surface area contributed by atoms with E-state index in [1.165, 1.54) is 5.56 Å². The summed E-state index contributed by atoms with van der Waals surface area (Å²) < 4.78 is 0. The number of hydrogen-bond acceptors (Lipinski definition) is 2. The minimum Gasteiger partial charge on any atom is -0.358 e. The maximum absolute atomic E-state index is 12.8. The number of pyridine rings is 1. The van der Waals surface area contributed by atoms with Gasteiger partial charge in [0.15, 0.2) is 11.1 Å². The van der Waals surface area contributed by atoms with E-state index in [1.54, 1.807) is 0 Å². The number of aromatic nitrogens is 1. The van der Waals surface area contributed by atoms with Gasteiger partial charge in [-0.15, -0.1) is 0 Å². The number of para-hydroxylation sites is 1. The van der Waals surface area contributed by atoms with Gasteiger partial charge in [-0.2, -0.15) is 0 Å². The molecule has 4 nitrogen and oxygen atoms in total. The molecule has 0 unspecified atom stereocenters. The Morgan fingerprint density at radius 3 is 2.71 bits per heavy atom. The highest BCUT2D eigenvalue weighted by molar-refractivity contribution is 5.79. The maximum Gasteiger partial charge on any atom is 0.194 e. The minimum atomic E-state index is 0.146. The molecule has 0 spiro atoms. The number of fused-ring (bicyclic) bond motifs is 2. The molecular formula is C20H17N3O. The third kappa shape index (κ3) is 2.60. The first-order valence-electron chi connectivity index (χ1n) is 8.06. The van der Waals surface area contributed by atoms with Crippen LogP contribution in [0.5, 0.6) is 0 Å². The van der Waals surface area contributed by atoms with Crippen LogP contribution in [-0.4, -0.2) is 16.4 Å². The van der Waals surface area contributed by atoms with Crippen molar-refractivity contribution in [2.24, 2.45) is 0 Å². The predicted molar refractivity (Wildman–Crippen MR) is 95.1 cm³/mol. The van der Waals surface area contributed by atoms with Gasteiger partial charge in [0.2, 0.25) is 0 Å². The zero-order valence-electron chi connectivity index (χ0n) is 13.2. The maximum atomic E-state index is 12.8. The molecule has 4 heteroatoms. The highest BCUT2D eigenvalue weighted by atomic mass is 16.1. The van der Waals surface area contributed by atoms with E-state index in [0.717, 1.165) is 41.7 Å². The summed E-state index contributed by atoms with van der Waals surface area (Å²) in [4.78, 5) is 21.9. The topological polar surface area (TPSA) is 40.5 Å². The lowest BCUT2D eigenvalue weighted by Crippen LogP contribution is -2.34. The number of aromatic amines is 1. The van der Waals surface area contributed by atoms with Gasteiger partial charge in [-0.05, 0) is 17.7 Å². The summed E-state index contributed by atoms with van der Waals surface area (Å²) in [6.45, 7) is 9.40. The van der Waals surface area contributed by atoms with Gasteiger partial charge in [0.1, 0.15) is 0 Å². The van der Waals surface area contributed by atoms with Crippen LogP contribution in [0.2, 0.25) is 0 Å². The van der Waals surface area contributed by atoms with Crippen LogP contribution in [0, 0.1) is 6.57 Å². The Kier molecular flexibility index (Phi) is 3.64. The molecule has 1 aromatic heterocycles. The number of rotatable bonds is 2. The molecule has 1 aliphatic heterocycles. The van der Waals surface area contributed by atoms with Crippen LogP contribution in [0.15, 0.2) is 53.3 Å². The van der Waals surface area contributed by atoms with Gasteiger partial charge in [0.25, 0.3) is 0 Å². The summed E-state index contributed by atoms with van der Waals surface area (Å²) in [5.74, 6) is 0. The molecule has 24 heavy (non-hydrogen) atoms. The third-order valence-electron chi connectivity index (χ3n) is 4.63. The van der Waals surface area contributed by atoms with E-state index in [-0.39, 0.29) is 5.43 Å². The van der Waals surface area contributed by atoms with Crippen LogP contribution < -0.4 is 5.43 Å². The average Bonchev–Trinajstić information content (AvgIpc) is 2.63. The highest BCUT2D eigenvalue weighted by Gasteiger charge is 2.20. The number of H-pyrrole nitrogens is 1. The fourth-order valence-electron chi connectivity index (χ4n) is 3.35. The van der Waals surface area contributed by atoms with Gasteiger partial charge in [0.05, 0.1) is 6.57 Å². The zero-order chi connectivity index (χ0) is 16.5. The Balaban J connectivity index is 1.62. The van der Waals surface area contributed by atoms with Gasteiger partial charge in [-0.3, -0.25) is 9.69 Å². The lowest BCUT2D eigenvalue weighted by Gasteiger charge is -2.28. The van der Waals surface area contributed by atoms with Crippen LogP contribution in [-0.2, 0) is 19.5 Å². The monoisotopic (exact) mass is 315 g/mol. The predicted octanol–water partition coefficient (Wildman–Crippen LogP) is 3.64. The average molecular weight is 315 g/mol. The Bertz CT molecular complexity index is 996. The van der Waals surface area contributed by atoms with Crippen molar-refractivity contribution in [2.75, 3.05) is 6.54 Å². The van der Waals surface area contributed by atoms with E-state index in [1.807, 2.05) is 48.5 Å². The summed E-state index contributed by atoms with van der Waals surface area (Å²) in [6, 6.07) is 15.4. The standard InChI is InChI=1S/C20H17N3O/c1-21-15-8-6-14(7-9-15)12-23-11-10-19-17(13-23)20(24)16-4-2-3-5-18(16)22-19/h2-9H,10-13H2,(H,22,24). The molecule has 118 valence electrons. The van der Waals surface area contributed by atoms with Crippen LogP contribution in [0.25, 0.3) is 15.7 Å². The minimum absolute atomic E-state index is 0.146. The first-order valence-corrected chi connectivity index (χ1v) is 8.06. The van der Waals surface area contributed by atoms with Crippen molar-refractivity contribution in [1.29, 1.82) is 0 Å². The molecule has 0 atom stereocenters. The Hall–Kier alpha value is -2.90. The van der Waals surface area contributed by atoms with Crippen molar-refractivity contribution in [3.8, 4) is 0 Å². The molecular weight excluding hydrogens is 298 g/mol. The van der Waals surface area contributed by atoms with Crippen LogP contribution in [0.1, 0.15) is 16.8 Å². The Morgan fingerprint density at radius 2 is 1.92 bits per heavy atom. The smallest absolute Gasteiger partial charge is 0.194 e. The van der Waals surface area contributed by atoms with Gasteiger partial charge in [-0.25, -0.2) is 4.85 Å². The van der Waals surface area contributed by atoms with Gasteiger partial charge < -0.3 is 4.98 Å². The summed E-state index contributed by atoms with van der Waals surface area (Å²) in [5.41, 5.74) is 4.85. The summed E-state index contributed by atoms with van der Waals surface area (Å²) in [6.07, 6.45) is 0.857. The highest BCUT2D eigenvalue weighted by Crippen LogP contribution is 2.20. The van der Waals surface area contributed by atoms with Gasteiger partial charge in [0, 0.05) is 48.2 Å². The number of hydrogen-bond donors (Lipinski definition) is 1. The summed E-state index contributed by atoms with van der Waals surface area (Å²) in [7, 11) is 0. The third-order valence-corrected chi connectivity index (χ3v) is 4.63. The first-order chi connectivity index (χ1) is 11.7. The van der Waals surface area contributed by atoms with Crippen molar-refractivity contribution in [1.82, 2.24) is 9.88 Å². The molecule has 4 rings (SSSR count). The molecule has 2 aromatic carbocycles.